The second-order valence-corrected chi connectivity index (χ2v) is 4.73. The van der Waals surface area contributed by atoms with Crippen LogP contribution in [0.5, 0.6) is 0 Å². The van der Waals surface area contributed by atoms with Crippen molar-refractivity contribution in [3.63, 3.8) is 0 Å². The molecule has 1 atom stereocenters. The van der Waals surface area contributed by atoms with Gasteiger partial charge in [0.2, 0.25) is 5.89 Å². The summed E-state index contributed by atoms with van der Waals surface area (Å²) in [7, 11) is 0. The molecule has 0 radical (unpaired) electrons. The van der Waals surface area contributed by atoms with Gasteiger partial charge < -0.3 is 14.6 Å². The summed E-state index contributed by atoms with van der Waals surface area (Å²) in [6.07, 6.45) is -2.06. The average Bonchev–Trinajstić information content (AvgIpc) is 2.92. The lowest BCUT2D eigenvalue weighted by molar-refractivity contribution is 0.0182. The fourth-order valence-electron chi connectivity index (χ4n) is 2.10. The lowest BCUT2D eigenvalue weighted by Gasteiger charge is -2.30. The molecular formula is C12H20F2N4O2. The number of aromatic nitrogens is 2. The van der Waals surface area contributed by atoms with Crippen molar-refractivity contribution in [2.75, 3.05) is 39.4 Å². The second kappa shape index (κ2) is 7.61. The van der Waals surface area contributed by atoms with E-state index in [0.717, 1.165) is 26.2 Å². The Kier molecular flexibility index (Phi) is 5.81. The minimum Gasteiger partial charge on any atom is -0.375 e. The molecule has 0 amide bonds. The van der Waals surface area contributed by atoms with Gasteiger partial charge >= 0.3 is 0 Å². The Morgan fingerprint density at radius 1 is 1.40 bits per heavy atom. The summed E-state index contributed by atoms with van der Waals surface area (Å²) in [5.74, 6) is 1.06. The zero-order valence-corrected chi connectivity index (χ0v) is 11.5. The van der Waals surface area contributed by atoms with Gasteiger partial charge in [-0.3, -0.25) is 4.90 Å². The summed E-state index contributed by atoms with van der Waals surface area (Å²) in [6, 6.07) is 0.0698. The van der Waals surface area contributed by atoms with Crippen LogP contribution in [0.2, 0.25) is 0 Å². The SMILES string of the molecule is CC(c1nc(CCOCC(F)F)no1)N1CCNCC1. The van der Waals surface area contributed by atoms with E-state index in [2.05, 4.69) is 20.4 Å². The molecule has 0 aliphatic carbocycles. The minimum absolute atomic E-state index is 0.0698. The van der Waals surface area contributed by atoms with Gasteiger partial charge in [0, 0.05) is 32.6 Å². The van der Waals surface area contributed by atoms with Crippen molar-refractivity contribution < 1.29 is 18.0 Å². The smallest absolute Gasteiger partial charge is 0.261 e. The van der Waals surface area contributed by atoms with E-state index in [4.69, 9.17) is 9.26 Å². The zero-order chi connectivity index (χ0) is 14.4. The van der Waals surface area contributed by atoms with Crippen LogP contribution in [0.4, 0.5) is 8.78 Å². The summed E-state index contributed by atoms with van der Waals surface area (Å²) in [5.41, 5.74) is 0. The molecule has 0 bridgehead atoms. The third-order valence-electron chi connectivity index (χ3n) is 3.25. The number of nitrogens with zero attached hydrogens (tertiary/aromatic N) is 3. The van der Waals surface area contributed by atoms with Gasteiger partial charge in [0.1, 0.15) is 6.61 Å². The topological polar surface area (TPSA) is 63.4 Å². The van der Waals surface area contributed by atoms with E-state index in [9.17, 15) is 8.78 Å². The van der Waals surface area contributed by atoms with Crippen molar-refractivity contribution in [3.05, 3.63) is 11.7 Å². The first kappa shape index (κ1) is 15.3. The van der Waals surface area contributed by atoms with Crippen molar-refractivity contribution in [3.8, 4) is 0 Å². The van der Waals surface area contributed by atoms with Crippen molar-refractivity contribution in [2.24, 2.45) is 0 Å². The number of alkyl halides is 2. The molecule has 2 rings (SSSR count). The number of hydrogen-bond donors (Lipinski definition) is 1. The number of ether oxygens (including phenoxy) is 1. The molecule has 0 spiro atoms. The van der Waals surface area contributed by atoms with Gasteiger partial charge in [-0.05, 0) is 6.92 Å². The molecule has 1 aliphatic heterocycles. The highest BCUT2D eigenvalue weighted by atomic mass is 19.3. The monoisotopic (exact) mass is 290 g/mol. The fourth-order valence-corrected chi connectivity index (χ4v) is 2.10. The number of nitrogens with one attached hydrogen (secondary N) is 1. The Balaban J connectivity index is 1.78. The standard InChI is InChI=1S/C12H20F2N4O2/c1-9(18-5-3-15-4-6-18)12-16-11(17-20-12)2-7-19-8-10(13)14/h9-10,15H,2-8H2,1H3. The largest absolute Gasteiger partial charge is 0.375 e. The number of hydrogen-bond acceptors (Lipinski definition) is 6. The molecule has 1 fully saturated rings. The minimum atomic E-state index is -2.44. The molecule has 0 saturated carbocycles. The summed E-state index contributed by atoms with van der Waals surface area (Å²) < 4.78 is 33.8. The first-order valence-electron chi connectivity index (χ1n) is 6.80. The lowest BCUT2D eigenvalue weighted by Crippen LogP contribution is -2.44. The van der Waals surface area contributed by atoms with E-state index in [-0.39, 0.29) is 12.6 Å². The van der Waals surface area contributed by atoms with E-state index < -0.39 is 13.0 Å². The van der Waals surface area contributed by atoms with Gasteiger partial charge in [0.25, 0.3) is 6.43 Å². The highest BCUT2D eigenvalue weighted by molar-refractivity contribution is 4.93. The molecule has 0 aromatic carbocycles. The van der Waals surface area contributed by atoms with Crippen LogP contribution in [0, 0.1) is 0 Å². The van der Waals surface area contributed by atoms with E-state index >= 15 is 0 Å². The Morgan fingerprint density at radius 3 is 2.85 bits per heavy atom. The number of rotatable bonds is 7. The van der Waals surface area contributed by atoms with Gasteiger partial charge in [-0.1, -0.05) is 5.16 Å². The first-order valence-corrected chi connectivity index (χ1v) is 6.80. The molecule has 1 saturated heterocycles. The van der Waals surface area contributed by atoms with Crippen LogP contribution in [0.25, 0.3) is 0 Å². The van der Waals surface area contributed by atoms with Gasteiger partial charge in [-0.25, -0.2) is 8.78 Å². The number of piperazine rings is 1. The maximum Gasteiger partial charge on any atom is 0.261 e. The Bertz CT molecular complexity index is 397. The maximum absolute atomic E-state index is 11.9. The molecule has 6 nitrogen and oxygen atoms in total. The third-order valence-corrected chi connectivity index (χ3v) is 3.25. The predicted molar refractivity (Wildman–Crippen MR) is 67.7 cm³/mol. The molecule has 20 heavy (non-hydrogen) atoms. The van der Waals surface area contributed by atoms with E-state index in [0.29, 0.717) is 18.1 Å². The molecule has 2 heterocycles. The quantitative estimate of drug-likeness (QED) is 0.752. The molecule has 1 aromatic heterocycles. The van der Waals surface area contributed by atoms with Gasteiger partial charge in [-0.15, -0.1) is 0 Å². The normalized spacial score (nSPS) is 18.6. The molecule has 1 unspecified atom stereocenters. The van der Waals surface area contributed by atoms with Crippen LogP contribution in [0.3, 0.4) is 0 Å². The second-order valence-electron chi connectivity index (χ2n) is 4.73. The molecular weight excluding hydrogens is 270 g/mol. The van der Waals surface area contributed by atoms with E-state index in [1.165, 1.54) is 0 Å². The highest BCUT2D eigenvalue weighted by Gasteiger charge is 2.22. The summed E-state index contributed by atoms with van der Waals surface area (Å²) in [4.78, 5) is 6.56. The molecule has 8 heteroatoms. The summed E-state index contributed by atoms with van der Waals surface area (Å²) in [5, 5.41) is 7.14. The maximum atomic E-state index is 11.9. The van der Waals surface area contributed by atoms with E-state index in [1.807, 2.05) is 6.92 Å². The average molecular weight is 290 g/mol. The van der Waals surface area contributed by atoms with Crippen LogP contribution in [-0.2, 0) is 11.2 Å². The predicted octanol–water partition coefficient (Wildman–Crippen LogP) is 0.860. The molecule has 114 valence electrons. The van der Waals surface area contributed by atoms with Gasteiger partial charge in [0.05, 0.1) is 12.6 Å². The molecule has 1 aromatic rings. The summed E-state index contributed by atoms with van der Waals surface area (Å²) >= 11 is 0. The Hall–Kier alpha value is -1.12. The zero-order valence-electron chi connectivity index (χ0n) is 11.5. The van der Waals surface area contributed by atoms with Gasteiger partial charge in [0.15, 0.2) is 5.82 Å². The van der Waals surface area contributed by atoms with Crippen molar-refractivity contribution in [2.45, 2.75) is 25.8 Å². The molecule has 1 aliphatic rings. The highest BCUT2D eigenvalue weighted by Crippen LogP contribution is 2.18. The van der Waals surface area contributed by atoms with Gasteiger partial charge in [-0.2, -0.15) is 4.98 Å². The fraction of sp³-hybridized carbons (Fsp3) is 0.833. The van der Waals surface area contributed by atoms with E-state index in [1.54, 1.807) is 0 Å². The first-order chi connectivity index (χ1) is 9.66. The third kappa shape index (κ3) is 4.46. The van der Waals surface area contributed by atoms with Crippen molar-refractivity contribution >= 4 is 0 Å². The van der Waals surface area contributed by atoms with Crippen LogP contribution < -0.4 is 5.32 Å². The molecule has 1 N–H and O–H groups in total. The van der Waals surface area contributed by atoms with Crippen LogP contribution in [0.15, 0.2) is 4.52 Å². The Morgan fingerprint density at radius 2 is 2.15 bits per heavy atom. The van der Waals surface area contributed by atoms with Crippen molar-refractivity contribution in [1.29, 1.82) is 0 Å². The Labute approximate surface area is 116 Å². The summed E-state index contributed by atoms with van der Waals surface area (Å²) in [6.45, 7) is 5.43. The van der Waals surface area contributed by atoms with Crippen LogP contribution in [0.1, 0.15) is 24.7 Å². The number of halogens is 2. The lowest BCUT2D eigenvalue weighted by atomic mass is 10.2. The van der Waals surface area contributed by atoms with Crippen LogP contribution in [-0.4, -0.2) is 60.9 Å². The van der Waals surface area contributed by atoms with Crippen molar-refractivity contribution in [1.82, 2.24) is 20.4 Å². The van der Waals surface area contributed by atoms with Crippen LogP contribution >= 0.6 is 0 Å².